The van der Waals surface area contributed by atoms with Gasteiger partial charge in [-0.2, -0.15) is 0 Å². The lowest BCUT2D eigenvalue weighted by atomic mass is 9.88. The summed E-state index contributed by atoms with van der Waals surface area (Å²) in [5.74, 6) is -9.16. The van der Waals surface area contributed by atoms with Crippen molar-refractivity contribution in [2.24, 2.45) is 0 Å². The highest BCUT2D eigenvalue weighted by Gasteiger charge is 2.63. The van der Waals surface area contributed by atoms with Crippen molar-refractivity contribution in [1.29, 1.82) is 0 Å². The zero-order valence-electron chi connectivity index (χ0n) is 63.1. The van der Waals surface area contributed by atoms with E-state index in [1.807, 2.05) is 0 Å². The van der Waals surface area contributed by atoms with E-state index >= 15 is 0 Å². The van der Waals surface area contributed by atoms with Gasteiger partial charge >= 0.3 is 5.97 Å². The summed E-state index contributed by atoms with van der Waals surface area (Å²) >= 11 is 0. The number of carbonyl (C=O) groups excluding carboxylic acids is 4. The summed E-state index contributed by atoms with van der Waals surface area (Å²) in [6, 6.07) is -7.53. The number of hydrogen-bond donors (Lipinski definition) is 31. The predicted octanol–water partition coefficient (Wildman–Crippen LogP) is -20.8. The quantitative estimate of drug-likeness (QED) is 0.0297. The summed E-state index contributed by atoms with van der Waals surface area (Å²) in [5.41, 5.74) is 0. The van der Waals surface area contributed by atoms with Gasteiger partial charge in [0, 0.05) is 34.1 Å². The van der Waals surface area contributed by atoms with Crippen LogP contribution in [-0.2, 0) is 104 Å². The van der Waals surface area contributed by atoms with Crippen molar-refractivity contribution in [1.82, 2.24) is 21.3 Å². The van der Waals surface area contributed by atoms with E-state index in [9.17, 15) is 162 Å². The van der Waals surface area contributed by atoms with Gasteiger partial charge in [-0.25, -0.2) is 4.79 Å². The smallest absolute Gasteiger partial charge is 0.364 e. The van der Waals surface area contributed by atoms with Crippen LogP contribution in [0.15, 0.2) is 0 Å². The Morgan fingerprint density at radius 3 is 1.13 bits per heavy atom. The molecule has 0 aliphatic carbocycles. The monoisotopic (exact) mass is 1730 g/mol. The SMILES string of the molecule is CC(=O)N[C@@H]1[C@@H](O)[C@H](O[C@@H]2O[C@H](CO[C@H]3O[C@H](CO)[C@@H](O)[C@H](O)[C@@H]3O[C@@H]3O[C@H](CO)[C@@H](O[C@@H]4O[C@H](CO)[C@H](O)[C@H](O[C@]5(C(=O)O)C[C@H](O)[C@@H](NC(C)=O)[C@H]([C@H](O)[C@H](O)CO)O5)[C@H]4O)[C@H](O)[C@H]3NC(C)=O)[C@@H](O)[C@H](O[C@H]3O[C@H](CO)[C@@H](O)[C@H](O)[C@@H]3O[C@@H]3O[C@H](CO)[C@@H](O[C@@H]4O[C@H](CO)[C@H](O)[C@H](O)[C@H]4O)[C@H](O)[C@H]3NC(C)=O)[C@@H]2O)[C@@H](CO)O[C@H]1O. The van der Waals surface area contributed by atoms with E-state index in [1.54, 1.807) is 0 Å². The Hall–Kier alpha value is -4.37. The van der Waals surface area contributed by atoms with Crippen LogP contribution < -0.4 is 21.3 Å². The molecule has 0 aromatic rings. The molecule has 4 amide bonds. The lowest BCUT2D eigenvalue weighted by Gasteiger charge is -2.51. The molecule has 9 saturated heterocycles. The van der Waals surface area contributed by atoms with Crippen molar-refractivity contribution < 1.29 is 242 Å². The minimum Gasteiger partial charge on any atom is -0.477 e. The maximum Gasteiger partial charge on any atom is 0.364 e. The van der Waals surface area contributed by atoms with Crippen LogP contribution in [0.4, 0.5) is 0 Å². The molecule has 9 fully saturated rings. The van der Waals surface area contributed by atoms with E-state index in [1.165, 1.54) is 0 Å². The highest BCUT2D eigenvalue weighted by Crippen LogP contribution is 2.42. The number of aliphatic hydroxyl groups excluding tert-OH is 26. The summed E-state index contributed by atoms with van der Waals surface area (Å²) in [6.07, 6.45) is -90.1. The second-order valence-electron chi connectivity index (χ2n) is 29.6. The van der Waals surface area contributed by atoms with Crippen LogP contribution in [-0.4, -0.2) is 509 Å². The Morgan fingerprint density at radius 1 is 0.347 bits per heavy atom. The van der Waals surface area contributed by atoms with Crippen LogP contribution in [0.2, 0.25) is 0 Å². The second-order valence-corrected chi connectivity index (χ2v) is 29.6. The van der Waals surface area contributed by atoms with Crippen molar-refractivity contribution in [2.75, 3.05) is 59.5 Å². The molecule has 0 radical (unpaired) electrons. The molecule has 0 bridgehead atoms. The molecule has 0 aromatic heterocycles. The molecule has 0 spiro atoms. The van der Waals surface area contributed by atoms with E-state index in [-0.39, 0.29) is 0 Å². The van der Waals surface area contributed by atoms with Gasteiger partial charge < -0.3 is 240 Å². The normalized spacial score (nSPS) is 47.6. The van der Waals surface area contributed by atoms with Crippen molar-refractivity contribution in [3.05, 3.63) is 0 Å². The number of rotatable bonds is 32. The first-order valence-corrected chi connectivity index (χ1v) is 37.3. The fourth-order valence-corrected chi connectivity index (χ4v) is 15.2. The van der Waals surface area contributed by atoms with E-state index in [4.69, 9.17) is 80.5 Å². The largest absolute Gasteiger partial charge is 0.477 e. The minimum absolute atomic E-state index is 0.865. The van der Waals surface area contributed by atoms with Gasteiger partial charge in [0.25, 0.3) is 5.79 Å². The lowest BCUT2D eigenvalue weighted by molar-refractivity contribution is -0.398. The molecule has 53 nitrogen and oxygen atoms in total. The number of hydrogen-bond acceptors (Lipinski definition) is 48. The van der Waals surface area contributed by atoms with E-state index in [0.29, 0.717) is 0 Å². The minimum atomic E-state index is -3.29. The number of nitrogens with one attached hydrogen (secondary N) is 4. The molecule has 0 unspecified atom stereocenters. The van der Waals surface area contributed by atoms with Crippen molar-refractivity contribution in [3.63, 3.8) is 0 Å². The van der Waals surface area contributed by atoms with Gasteiger partial charge in [0.15, 0.2) is 50.3 Å². The zero-order chi connectivity index (χ0) is 87.3. The molecule has 9 rings (SSSR count). The standard InChI is InChI=1S/C65H108N4O49/c1-15(78)66-29-19(82)5-65(64(100)101,117-51(29)33(84)20(83)6-70)118-53-37(88)24(10-74)105-61(47(53)98)113-50-27(13-77)108-57(31(41(50)92)68-17(3)80)115-54-43(94)35(86)22(8-72)106-62(54)102-14-28-38(89)52(46(97)60(110-28)112-48-25(11-75)103-56(99)30(39(48)90)67-16(2)79)114-63-55(44(95)36(87)23(9-73)107-63)116-58-32(69-18(4)81)40(91)49(26(12-76)109-58)111-59-45(96)42(93)34(85)21(7-71)104-59/h19-63,70-77,82-99H,5-14H2,1-4H3,(H,66,78)(H,67,79)(H,68,80)(H,69,81)(H,100,101)/t19-,20+,21+,22+,23+,24+,25+,26+,27+,28+,29+,30+,31+,32+,33+,34-,35+,36+,37-,38+,39+,40+,41+,42-,43-,44-,45+,46-,47+,48+,49+,50+,51+,52-,53-,54-,55-,56+,57-,58-,59-,60-,61-,62-,63+,65-/m0/s1. The highest BCUT2D eigenvalue weighted by atomic mass is 16.8. The molecule has 682 valence electrons. The maximum absolute atomic E-state index is 13.2. The molecule has 0 aromatic carbocycles. The van der Waals surface area contributed by atoms with Crippen LogP contribution in [0, 0.1) is 0 Å². The Labute approximate surface area is 666 Å². The fourth-order valence-electron chi connectivity index (χ4n) is 15.2. The van der Waals surface area contributed by atoms with Crippen LogP contribution in [0.3, 0.4) is 0 Å². The third kappa shape index (κ3) is 21.2. The number of carboxylic acids is 1. The molecule has 9 aliphatic heterocycles. The van der Waals surface area contributed by atoms with Crippen LogP contribution in [0.5, 0.6) is 0 Å². The van der Waals surface area contributed by atoms with Gasteiger partial charge in [-0.15, -0.1) is 0 Å². The van der Waals surface area contributed by atoms with Gasteiger partial charge in [0.2, 0.25) is 23.6 Å². The average molecular weight is 1730 g/mol. The summed E-state index contributed by atoms with van der Waals surface area (Å²) in [4.78, 5) is 63.8. The second kappa shape index (κ2) is 42.1. The Kier molecular flexibility index (Phi) is 34.7. The first-order chi connectivity index (χ1) is 55.7. The van der Waals surface area contributed by atoms with Gasteiger partial charge in [-0.3, -0.25) is 19.2 Å². The average Bonchev–Trinajstić information content (AvgIpc) is 0.756. The Morgan fingerprint density at radius 2 is 0.686 bits per heavy atom. The Bertz CT molecular complexity index is 3210. The van der Waals surface area contributed by atoms with E-state index in [2.05, 4.69) is 21.3 Å². The Balaban J connectivity index is 1.00. The summed E-state index contributed by atoms with van der Waals surface area (Å²) in [7, 11) is 0. The maximum atomic E-state index is 13.2. The van der Waals surface area contributed by atoms with Crippen molar-refractivity contribution >= 4 is 29.6 Å². The topological polar surface area (TPSA) is 837 Å². The summed E-state index contributed by atoms with van der Waals surface area (Å²) < 4.78 is 100.0. The third-order valence-corrected chi connectivity index (χ3v) is 21.3. The molecular weight excluding hydrogens is 1620 g/mol. The fraction of sp³-hybridized carbons (Fsp3) is 0.923. The predicted molar refractivity (Wildman–Crippen MR) is 361 cm³/mol. The zero-order valence-corrected chi connectivity index (χ0v) is 63.1. The lowest BCUT2D eigenvalue weighted by Crippen LogP contribution is -2.71. The molecule has 46 atom stereocenters. The molecule has 9 heterocycles. The van der Waals surface area contributed by atoms with Gasteiger partial charge in [-0.05, 0) is 0 Å². The van der Waals surface area contributed by atoms with E-state index < -0.39 is 377 Å². The number of ether oxygens (including phenoxy) is 17. The molecule has 0 saturated carbocycles. The summed E-state index contributed by atoms with van der Waals surface area (Å²) in [5, 5.41) is 309. The first kappa shape index (κ1) is 97.4. The first-order valence-electron chi connectivity index (χ1n) is 37.3. The van der Waals surface area contributed by atoms with Crippen molar-refractivity contribution in [2.45, 2.75) is 316 Å². The number of carboxylic acid groups (broad SMARTS) is 1. The summed E-state index contributed by atoms with van der Waals surface area (Å²) in [6.45, 7) is -6.69. The van der Waals surface area contributed by atoms with Crippen LogP contribution >= 0.6 is 0 Å². The van der Waals surface area contributed by atoms with Gasteiger partial charge in [-0.1, -0.05) is 0 Å². The van der Waals surface area contributed by atoms with Crippen molar-refractivity contribution in [3.8, 4) is 0 Å². The van der Waals surface area contributed by atoms with Crippen LogP contribution in [0.1, 0.15) is 34.1 Å². The highest BCUT2D eigenvalue weighted by molar-refractivity contribution is 5.77. The molecule has 31 N–H and O–H groups in total. The number of aliphatic carboxylic acids is 1. The number of amides is 4. The third-order valence-electron chi connectivity index (χ3n) is 21.3. The molecule has 53 heteroatoms. The van der Waals surface area contributed by atoms with Crippen LogP contribution in [0.25, 0.3) is 0 Å². The van der Waals surface area contributed by atoms with E-state index in [0.717, 1.165) is 27.7 Å². The van der Waals surface area contributed by atoms with Gasteiger partial charge in [0.05, 0.1) is 71.6 Å². The molecule has 9 aliphatic rings. The number of aliphatic hydroxyl groups is 26. The molecule has 118 heavy (non-hydrogen) atoms. The molecular formula is C65H108N4O49. The number of carbonyl (C=O) groups is 5. The van der Waals surface area contributed by atoms with Gasteiger partial charge in [0.1, 0.15) is 213 Å².